The molecule has 1 aromatic heterocycles. The molecule has 1 heterocycles. The predicted molar refractivity (Wildman–Crippen MR) is 68.5 cm³/mol. The van der Waals surface area contributed by atoms with E-state index in [0.717, 1.165) is 6.54 Å². The van der Waals surface area contributed by atoms with Gasteiger partial charge in [-0.3, -0.25) is 5.84 Å². The van der Waals surface area contributed by atoms with Crippen molar-refractivity contribution in [2.24, 2.45) is 5.84 Å². The summed E-state index contributed by atoms with van der Waals surface area (Å²) in [7, 11) is 0. The number of nitrogens with zero attached hydrogens (tertiary/aromatic N) is 2. The standard InChI is InChI=1S/C12H14ClFN4/c1-2-18-7-6-16-12(18)11(17-15)8-4-3-5-9(14)10(8)13/h3-7,11,17H,2,15H2,1H3. The largest absolute Gasteiger partial charge is 0.334 e. The zero-order valence-corrected chi connectivity index (χ0v) is 10.7. The molecule has 0 radical (unpaired) electrons. The molecule has 0 saturated carbocycles. The Kier molecular flexibility index (Phi) is 3.96. The maximum absolute atomic E-state index is 13.5. The number of imidazole rings is 1. The van der Waals surface area contributed by atoms with E-state index in [9.17, 15) is 4.39 Å². The van der Waals surface area contributed by atoms with Crippen LogP contribution in [0.2, 0.25) is 5.02 Å². The number of hydrogen-bond acceptors (Lipinski definition) is 3. The molecule has 6 heteroatoms. The Hall–Kier alpha value is -1.43. The molecule has 1 atom stereocenters. The van der Waals surface area contributed by atoms with E-state index < -0.39 is 11.9 Å². The third-order valence-corrected chi connectivity index (χ3v) is 3.20. The highest BCUT2D eigenvalue weighted by molar-refractivity contribution is 6.31. The summed E-state index contributed by atoms with van der Waals surface area (Å²) in [6.07, 6.45) is 3.52. The highest BCUT2D eigenvalue weighted by Gasteiger charge is 2.21. The van der Waals surface area contributed by atoms with Crippen LogP contribution >= 0.6 is 11.6 Å². The third kappa shape index (κ3) is 2.25. The molecule has 0 aliphatic carbocycles. The quantitative estimate of drug-likeness (QED) is 0.661. The van der Waals surface area contributed by atoms with Gasteiger partial charge in [-0.15, -0.1) is 0 Å². The number of rotatable bonds is 4. The highest BCUT2D eigenvalue weighted by atomic mass is 35.5. The lowest BCUT2D eigenvalue weighted by atomic mass is 10.1. The molecule has 1 aromatic carbocycles. The zero-order valence-electron chi connectivity index (χ0n) is 9.90. The van der Waals surface area contributed by atoms with Crippen LogP contribution in [0.3, 0.4) is 0 Å². The minimum absolute atomic E-state index is 0.0612. The molecule has 0 aliphatic rings. The third-order valence-electron chi connectivity index (χ3n) is 2.81. The van der Waals surface area contributed by atoms with Gasteiger partial charge in [0, 0.05) is 18.9 Å². The summed E-state index contributed by atoms with van der Waals surface area (Å²) in [5.74, 6) is 5.79. The van der Waals surface area contributed by atoms with Crippen LogP contribution in [0, 0.1) is 5.82 Å². The van der Waals surface area contributed by atoms with Crippen LogP contribution in [0.5, 0.6) is 0 Å². The SMILES string of the molecule is CCn1ccnc1C(NN)c1cccc(F)c1Cl. The Morgan fingerprint density at radius 2 is 2.33 bits per heavy atom. The molecule has 1 unspecified atom stereocenters. The zero-order chi connectivity index (χ0) is 13.1. The molecular formula is C12H14ClFN4. The second-order valence-corrected chi connectivity index (χ2v) is 4.19. The summed E-state index contributed by atoms with van der Waals surface area (Å²) >= 11 is 5.97. The first kappa shape index (κ1) is 13.0. The van der Waals surface area contributed by atoms with E-state index in [1.54, 1.807) is 18.3 Å². The average molecular weight is 269 g/mol. The number of nitrogens with two attached hydrogens (primary N) is 1. The van der Waals surface area contributed by atoms with Crippen molar-refractivity contribution >= 4 is 11.6 Å². The molecule has 0 fully saturated rings. The molecule has 4 nitrogen and oxygen atoms in total. The number of aromatic nitrogens is 2. The molecule has 18 heavy (non-hydrogen) atoms. The molecule has 3 N–H and O–H groups in total. The van der Waals surface area contributed by atoms with Crippen LogP contribution in [0.4, 0.5) is 4.39 Å². The first-order valence-corrected chi connectivity index (χ1v) is 5.97. The maximum Gasteiger partial charge on any atom is 0.142 e. The molecular weight excluding hydrogens is 255 g/mol. The van der Waals surface area contributed by atoms with Gasteiger partial charge in [-0.05, 0) is 18.6 Å². The van der Waals surface area contributed by atoms with Crippen LogP contribution < -0.4 is 11.3 Å². The summed E-state index contributed by atoms with van der Waals surface area (Å²) in [6, 6.07) is 4.19. The number of hydrogen-bond donors (Lipinski definition) is 2. The monoisotopic (exact) mass is 268 g/mol. The van der Waals surface area contributed by atoms with Crippen molar-refractivity contribution in [2.75, 3.05) is 0 Å². The molecule has 0 amide bonds. The van der Waals surface area contributed by atoms with Gasteiger partial charge >= 0.3 is 0 Å². The normalized spacial score (nSPS) is 12.7. The average Bonchev–Trinajstić information content (AvgIpc) is 2.83. The second-order valence-electron chi connectivity index (χ2n) is 3.81. The fourth-order valence-electron chi connectivity index (χ4n) is 1.90. The first-order chi connectivity index (χ1) is 8.69. The molecule has 96 valence electrons. The van der Waals surface area contributed by atoms with Gasteiger partial charge < -0.3 is 4.57 Å². The Balaban J connectivity index is 2.49. The summed E-state index contributed by atoms with van der Waals surface area (Å²) in [5, 5.41) is 0.0612. The summed E-state index contributed by atoms with van der Waals surface area (Å²) in [4.78, 5) is 4.24. The van der Waals surface area contributed by atoms with E-state index >= 15 is 0 Å². The molecule has 0 saturated heterocycles. The van der Waals surface area contributed by atoms with Crippen LogP contribution in [0.25, 0.3) is 0 Å². The predicted octanol–water partition coefficient (Wildman–Crippen LogP) is 2.25. The number of nitrogens with one attached hydrogen (secondary N) is 1. The van der Waals surface area contributed by atoms with Crippen molar-refractivity contribution in [1.82, 2.24) is 15.0 Å². The maximum atomic E-state index is 13.5. The van der Waals surface area contributed by atoms with Crippen molar-refractivity contribution in [2.45, 2.75) is 19.5 Å². The van der Waals surface area contributed by atoms with Crippen LogP contribution in [-0.2, 0) is 6.54 Å². The van der Waals surface area contributed by atoms with Crippen LogP contribution in [0.15, 0.2) is 30.6 Å². The number of aryl methyl sites for hydroxylation is 1. The lowest BCUT2D eigenvalue weighted by molar-refractivity contribution is 0.554. The summed E-state index contributed by atoms with van der Waals surface area (Å²) in [6.45, 7) is 2.74. The van der Waals surface area contributed by atoms with Crippen molar-refractivity contribution in [3.05, 3.63) is 52.8 Å². The van der Waals surface area contributed by atoms with Gasteiger partial charge in [-0.25, -0.2) is 14.8 Å². The Morgan fingerprint density at radius 3 is 3.00 bits per heavy atom. The number of hydrazine groups is 1. The van der Waals surface area contributed by atoms with Crippen LogP contribution in [-0.4, -0.2) is 9.55 Å². The van der Waals surface area contributed by atoms with Crippen molar-refractivity contribution in [3.63, 3.8) is 0 Å². The fraction of sp³-hybridized carbons (Fsp3) is 0.250. The molecule has 0 spiro atoms. The fourth-order valence-corrected chi connectivity index (χ4v) is 2.13. The Labute approximate surface area is 110 Å². The highest BCUT2D eigenvalue weighted by Crippen LogP contribution is 2.28. The minimum Gasteiger partial charge on any atom is -0.334 e. The molecule has 2 aromatic rings. The van der Waals surface area contributed by atoms with Crippen molar-refractivity contribution in [3.8, 4) is 0 Å². The van der Waals surface area contributed by atoms with Gasteiger partial charge in [0.25, 0.3) is 0 Å². The van der Waals surface area contributed by atoms with Gasteiger partial charge in [-0.2, -0.15) is 0 Å². The van der Waals surface area contributed by atoms with E-state index in [-0.39, 0.29) is 5.02 Å². The Bertz CT molecular complexity index is 541. The second kappa shape index (κ2) is 5.48. The van der Waals surface area contributed by atoms with Crippen molar-refractivity contribution in [1.29, 1.82) is 0 Å². The van der Waals surface area contributed by atoms with E-state index in [2.05, 4.69) is 10.4 Å². The lowest BCUT2D eigenvalue weighted by Crippen LogP contribution is -2.31. The van der Waals surface area contributed by atoms with Crippen LogP contribution in [0.1, 0.15) is 24.4 Å². The molecule has 0 bridgehead atoms. The summed E-state index contributed by atoms with van der Waals surface area (Å²) < 4.78 is 15.4. The number of benzene rings is 1. The van der Waals surface area contributed by atoms with Gasteiger partial charge in [0.2, 0.25) is 0 Å². The minimum atomic E-state index is -0.468. The van der Waals surface area contributed by atoms with Gasteiger partial charge in [0.05, 0.1) is 5.02 Å². The van der Waals surface area contributed by atoms with Crippen molar-refractivity contribution < 1.29 is 4.39 Å². The van der Waals surface area contributed by atoms with Gasteiger partial charge in [0.15, 0.2) is 0 Å². The van der Waals surface area contributed by atoms with E-state index in [1.807, 2.05) is 17.7 Å². The van der Waals surface area contributed by atoms with E-state index in [0.29, 0.717) is 11.4 Å². The molecule has 0 aliphatic heterocycles. The Morgan fingerprint density at radius 1 is 1.56 bits per heavy atom. The smallest absolute Gasteiger partial charge is 0.142 e. The van der Waals surface area contributed by atoms with E-state index in [4.69, 9.17) is 17.4 Å². The molecule has 2 rings (SSSR count). The lowest BCUT2D eigenvalue weighted by Gasteiger charge is -2.18. The van der Waals surface area contributed by atoms with Gasteiger partial charge in [0.1, 0.15) is 17.7 Å². The van der Waals surface area contributed by atoms with Gasteiger partial charge in [-0.1, -0.05) is 23.7 Å². The number of halogens is 2. The summed E-state index contributed by atoms with van der Waals surface area (Å²) in [5.41, 5.74) is 3.20. The topological polar surface area (TPSA) is 55.9 Å². The van der Waals surface area contributed by atoms with E-state index in [1.165, 1.54) is 6.07 Å². The first-order valence-electron chi connectivity index (χ1n) is 5.60.